The van der Waals surface area contributed by atoms with Crippen LogP contribution in [0.2, 0.25) is 0 Å². The van der Waals surface area contributed by atoms with Crippen molar-refractivity contribution in [1.29, 1.82) is 0 Å². The number of methoxy groups -OCH3 is 3. The van der Waals surface area contributed by atoms with Crippen molar-refractivity contribution >= 4 is 28.6 Å². The van der Waals surface area contributed by atoms with Gasteiger partial charge in [-0.05, 0) is 28.7 Å². The van der Waals surface area contributed by atoms with Crippen molar-refractivity contribution in [3.8, 4) is 11.5 Å². The van der Waals surface area contributed by atoms with Gasteiger partial charge in [0.15, 0.2) is 6.79 Å². The minimum Gasteiger partial charge on any atom is -0.497 e. The molecule has 1 rings (SSSR count). The van der Waals surface area contributed by atoms with Gasteiger partial charge in [-0.3, -0.25) is 0 Å². The summed E-state index contributed by atoms with van der Waals surface area (Å²) in [7, 11) is 4.37. The topological polar surface area (TPSA) is 54.0 Å². The van der Waals surface area contributed by atoms with Gasteiger partial charge in [0, 0.05) is 16.7 Å². The van der Waals surface area contributed by atoms with E-state index in [9.17, 15) is 4.79 Å². The third-order valence-electron chi connectivity index (χ3n) is 1.99. The van der Waals surface area contributed by atoms with Gasteiger partial charge in [0.2, 0.25) is 0 Å². The second-order valence-corrected chi connectivity index (χ2v) is 4.19. The Labute approximate surface area is 113 Å². The first-order valence-corrected chi connectivity index (χ1v) is 5.79. The molecular formula is C11H13IO5. The first-order valence-electron chi connectivity index (χ1n) is 4.71. The van der Waals surface area contributed by atoms with Crippen LogP contribution in [0.25, 0.3) is 0 Å². The maximum atomic E-state index is 11.6. The van der Waals surface area contributed by atoms with Gasteiger partial charge in [-0.15, -0.1) is 0 Å². The van der Waals surface area contributed by atoms with E-state index >= 15 is 0 Å². The van der Waals surface area contributed by atoms with Crippen LogP contribution < -0.4 is 9.47 Å². The summed E-state index contributed by atoms with van der Waals surface area (Å²) >= 11 is 2.02. The summed E-state index contributed by atoms with van der Waals surface area (Å²) in [6.07, 6.45) is 0. The van der Waals surface area contributed by atoms with Crippen molar-refractivity contribution in [2.45, 2.75) is 0 Å². The van der Waals surface area contributed by atoms with Gasteiger partial charge < -0.3 is 18.9 Å². The number of carbonyl (C=O) groups excluding carboxylic acids is 1. The Morgan fingerprint density at radius 1 is 1.29 bits per heavy atom. The summed E-state index contributed by atoms with van der Waals surface area (Å²) in [6, 6.07) is 3.35. The van der Waals surface area contributed by atoms with E-state index in [1.54, 1.807) is 19.2 Å². The van der Waals surface area contributed by atoms with E-state index in [-0.39, 0.29) is 6.79 Å². The normalized spacial score (nSPS) is 9.88. The quantitative estimate of drug-likeness (QED) is 0.461. The highest BCUT2D eigenvalue weighted by Gasteiger charge is 2.19. The molecule has 0 unspecified atom stereocenters. The van der Waals surface area contributed by atoms with E-state index in [4.69, 9.17) is 18.9 Å². The molecule has 0 aliphatic heterocycles. The Morgan fingerprint density at radius 3 is 2.53 bits per heavy atom. The lowest BCUT2D eigenvalue weighted by Gasteiger charge is -2.12. The van der Waals surface area contributed by atoms with Crippen molar-refractivity contribution in [2.75, 3.05) is 28.1 Å². The predicted octanol–water partition coefficient (Wildman–Crippen LogP) is 2.07. The van der Waals surface area contributed by atoms with Gasteiger partial charge in [0.25, 0.3) is 0 Å². The predicted molar refractivity (Wildman–Crippen MR) is 69.6 cm³/mol. The second kappa shape index (κ2) is 6.65. The summed E-state index contributed by atoms with van der Waals surface area (Å²) in [6.45, 7) is 0.0489. The molecule has 17 heavy (non-hydrogen) atoms. The molecule has 1 aromatic carbocycles. The minimum absolute atomic E-state index is 0.0489. The minimum atomic E-state index is -0.455. The molecule has 0 fully saturated rings. The number of halogens is 1. The molecule has 0 atom stereocenters. The van der Waals surface area contributed by atoms with Crippen molar-refractivity contribution in [1.82, 2.24) is 0 Å². The molecule has 0 aliphatic carbocycles. The van der Waals surface area contributed by atoms with E-state index in [1.165, 1.54) is 14.2 Å². The molecule has 0 bridgehead atoms. The fourth-order valence-corrected chi connectivity index (χ4v) is 2.00. The number of hydrogen-bond donors (Lipinski definition) is 0. The molecule has 6 heteroatoms. The SMILES string of the molecule is COCOc1cc(OC)cc(I)c1C(=O)OC. The molecule has 0 heterocycles. The van der Waals surface area contributed by atoms with Gasteiger partial charge in [-0.2, -0.15) is 0 Å². The lowest BCUT2D eigenvalue weighted by molar-refractivity contribution is 0.0462. The largest absolute Gasteiger partial charge is 0.497 e. The summed E-state index contributed by atoms with van der Waals surface area (Å²) in [4.78, 5) is 11.6. The lowest BCUT2D eigenvalue weighted by Crippen LogP contribution is -2.09. The van der Waals surface area contributed by atoms with Crippen LogP contribution in [0.3, 0.4) is 0 Å². The van der Waals surface area contributed by atoms with Crippen molar-refractivity contribution < 1.29 is 23.7 Å². The molecule has 0 radical (unpaired) electrons. The maximum Gasteiger partial charge on any atom is 0.342 e. The number of hydrogen-bond acceptors (Lipinski definition) is 5. The molecule has 5 nitrogen and oxygen atoms in total. The zero-order valence-corrected chi connectivity index (χ0v) is 11.9. The Hall–Kier alpha value is -1.02. The molecule has 0 amide bonds. The van der Waals surface area contributed by atoms with E-state index in [0.717, 1.165) is 0 Å². The van der Waals surface area contributed by atoms with Gasteiger partial charge >= 0.3 is 5.97 Å². The van der Waals surface area contributed by atoms with Crippen LogP contribution in [0.5, 0.6) is 11.5 Å². The molecule has 0 aliphatic rings. The van der Waals surface area contributed by atoms with Gasteiger partial charge in [0.05, 0.1) is 14.2 Å². The first-order chi connectivity index (χ1) is 8.13. The summed E-state index contributed by atoms with van der Waals surface area (Å²) in [5.41, 5.74) is 0.367. The van der Waals surface area contributed by atoms with Crippen molar-refractivity contribution in [2.24, 2.45) is 0 Å². The molecule has 94 valence electrons. The summed E-state index contributed by atoms with van der Waals surface area (Å²) in [5, 5.41) is 0. The monoisotopic (exact) mass is 352 g/mol. The highest BCUT2D eigenvalue weighted by molar-refractivity contribution is 14.1. The van der Waals surface area contributed by atoms with Crippen molar-refractivity contribution in [3.63, 3.8) is 0 Å². The Kier molecular flexibility index (Phi) is 5.49. The Balaban J connectivity index is 3.19. The molecule has 1 aromatic rings. The lowest BCUT2D eigenvalue weighted by atomic mass is 10.2. The molecule has 0 aromatic heterocycles. The average Bonchev–Trinajstić information content (AvgIpc) is 2.34. The van der Waals surface area contributed by atoms with Crippen LogP contribution in [0.4, 0.5) is 0 Å². The standard InChI is InChI=1S/C11H13IO5/c1-14-6-17-9-5-7(15-2)4-8(12)10(9)11(13)16-3/h4-5H,6H2,1-3H3. The number of carbonyl (C=O) groups is 1. The number of rotatable bonds is 5. The van der Waals surface area contributed by atoms with Crippen LogP contribution in [-0.2, 0) is 9.47 Å². The highest BCUT2D eigenvalue weighted by atomic mass is 127. The third kappa shape index (κ3) is 3.47. The smallest absolute Gasteiger partial charge is 0.342 e. The number of benzene rings is 1. The Morgan fingerprint density at radius 2 is 2.00 bits per heavy atom. The zero-order valence-electron chi connectivity index (χ0n) is 9.78. The van der Waals surface area contributed by atoms with E-state index in [1.807, 2.05) is 22.6 Å². The third-order valence-corrected chi connectivity index (χ3v) is 2.84. The van der Waals surface area contributed by atoms with Crippen LogP contribution in [0, 0.1) is 3.57 Å². The zero-order chi connectivity index (χ0) is 12.8. The molecule has 0 saturated carbocycles. The highest BCUT2D eigenvalue weighted by Crippen LogP contribution is 2.30. The van der Waals surface area contributed by atoms with E-state index < -0.39 is 5.97 Å². The van der Waals surface area contributed by atoms with Gasteiger partial charge in [0.1, 0.15) is 17.1 Å². The summed E-state index contributed by atoms with van der Waals surface area (Å²) < 4.78 is 20.6. The van der Waals surface area contributed by atoms with Gasteiger partial charge in [-0.25, -0.2) is 4.79 Å². The summed E-state index contributed by atoms with van der Waals surface area (Å²) in [5.74, 6) is 0.527. The molecule has 0 spiro atoms. The second-order valence-electron chi connectivity index (χ2n) is 3.02. The Bertz CT molecular complexity index is 405. The molecule has 0 N–H and O–H groups in total. The van der Waals surface area contributed by atoms with E-state index in [0.29, 0.717) is 20.6 Å². The van der Waals surface area contributed by atoms with Crippen molar-refractivity contribution in [3.05, 3.63) is 21.3 Å². The van der Waals surface area contributed by atoms with Crippen LogP contribution >= 0.6 is 22.6 Å². The first kappa shape index (κ1) is 14.0. The fraction of sp³-hybridized carbons (Fsp3) is 0.364. The average molecular weight is 352 g/mol. The van der Waals surface area contributed by atoms with Gasteiger partial charge in [-0.1, -0.05) is 0 Å². The van der Waals surface area contributed by atoms with E-state index in [2.05, 4.69) is 0 Å². The maximum absolute atomic E-state index is 11.6. The number of ether oxygens (including phenoxy) is 4. The fourth-order valence-electron chi connectivity index (χ4n) is 1.21. The van der Waals surface area contributed by atoms with Crippen LogP contribution in [0.15, 0.2) is 12.1 Å². The molecule has 0 saturated heterocycles. The van der Waals surface area contributed by atoms with Crippen LogP contribution in [0.1, 0.15) is 10.4 Å². The van der Waals surface area contributed by atoms with Crippen LogP contribution in [-0.4, -0.2) is 34.1 Å². The molecular weight excluding hydrogens is 339 g/mol. The number of esters is 1.